The smallest absolute Gasteiger partial charge is 0.282 e. The summed E-state index contributed by atoms with van der Waals surface area (Å²) in [5.74, 6) is -2.71. The van der Waals surface area contributed by atoms with Gasteiger partial charge in [0.15, 0.2) is 0 Å². The second-order valence-corrected chi connectivity index (χ2v) is 7.20. The zero-order chi connectivity index (χ0) is 20.5. The average molecular weight is 376 g/mol. The van der Waals surface area contributed by atoms with Gasteiger partial charge in [-0.1, -0.05) is 6.07 Å². The van der Waals surface area contributed by atoms with Gasteiger partial charge < -0.3 is 10.2 Å². The van der Waals surface area contributed by atoms with Crippen LogP contribution in [0.1, 0.15) is 41.5 Å². The fraction of sp³-hybridized carbons (Fsp3) is 0.412. The van der Waals surface area contributed by atoms with Gasteiger partial charge in [0.25, 0.3) is 17.5 Å². The highest BCUT2D eigenvalue weighted by atomic mass is 16.6. The first-order valence-corrected chi connectivity index (χ1v) is 8.11. The lowest BCUT2D eigenvalue weighted by molar-refractivity contribution is -0.385. The van der Waals surface area contributed by atoms with E-state index in [0.717, 1.165) is 11.0 Å². The first kappa shape index (κ1) is 20.0. The normalized spacial score (nSPS) is 13.4. The van der Waals surface area contributed by atoms with Crippen molar-refractivity contribution in [3.63, 3.8) is 0 Å². The van der Waals surface area contributed by atoms with Gasteiger partial charge in [0.1, 0.15) is 12.1 Å². The molecule has 27 heavy (non-hydrogen) atoms. The van der Waals surface area contributed by atoms with Crippen LogP contribution in [0, 0.1) is 10.1 Å². The van der Waals surface area contributed by atoms with Crippen molar-refractivity contribution in [3.8, 4) is 0 Å². The molecule has 1 aliphatic rings. The molecule has 0 saturated carbocycles. The summed E-state index contributed by atoms with van der Waals surface area (Å²) in [7, 11) is 1.37. The van der Waals surface area contributed by atoms with Crippen molar-refractivity contribution in [3.05, 3.63) is 39.4 Å². The number of nitrogens with one attached hydrogen (secondary N) is 1. The lowest BCUT2D eigenvalue weighted by atomic mass is 10.1. The Bertz CT molecular complexity index is 842. The van der Waals surface area contributed by atoms with Crippen LogP contribution in [0.3, 0.4) is 0 Å². The van der Waals surface area contributed by atoms with Gasteiger partial charge in [0.2, 0.25) is 11.8 Å². The van der Waals surface area contributed by atoms with Crippen LogP contribution in [0.15, 0.2) is 18.2 Å². The number of likely N-dealkylation sites (N-methyl/N-ethyl adjacent to an activating group) is 1. The molecular formula is C17H20N4O6. The van der Waals surface area contributed by atoms with Crippen LogP contribution < -0.4 is 5.32 Å². The Morgan fingerprint density at radius 2 is 1.85 bits per heavy atom. The highest BCUT2D eigenvalue weighted by Crippen LogP contribution is 2.30. The maximum Gasteiger partial charge on any atom is 0.282 e. The van der Waals surface area contributed by atoms with Gasteiger partial charge in [-0.25, -0.2) is 0 Å². The molecule has 1 N–H and O–H groups in total. The number of nitro groups is 1. The van der Waals surface area contributed by atoms with Crippen molar-refractivity contribution >= 4 is 29.3 Å². The van der Waals surface area contributed by atoms with Gasteiger partial charge in [-0.15, -0.1) is 0 Å². The van der Waals surface area contributed by atoms with Crippen LogP contribution in [0.5, 0.6) is 0 Å². The van der Waals surface area contributed by atoms with Gasteiger partial charge in [-0.05, 0) is 26.8 Å². The van der Waals surface area contributed by atoms with E-state index in [4.69, 9.17) is 0 Å². The number of carbonyl (C=O) groups is 4. The predicted octanol–water partition coefficient (Wildman–Crippen LogP) is 0.564. The highest BCUT2D eigenvalue weighted by molar-refractivity contribution is 6.24. The van der Waals surface area contributed by atoms with Crippen molar-refractivity contribution < 1.29 is 24.1 Å². The molecule has 144 valence electrons. The van der Waals surface area contributed by atoms with E-state index >= 15 is 0 Å². The zero-order valence-electron chi connectivity index (χ0n) is 15.4. The van der Waals surface area contributed by atoms with E-state index in [1.807, 2.05) is 0 Å². The number of rotatable bonds is 5. The van der Waals surface area contributed by atoms with Crippen molar-refractivity contribution in [2.75, 3.05) is 20.1 Å². The summed E-state index contributed by atoms with van der Waals surface area (Å²) in [5, 5.41) is 13.8. The molecule has 0 aromatic heterocycles. The van der Waals surface area contributed by atoms with E-state index in [2.05, 4.69) is 5.32 Å². The summed E-state index contributed by atoms with van der Waals surface area (Å²) in [6, 6.07) is 3.72. The Kier molecular flexibility index (Phi) is 5.29. The third-order valence-corrected chi connectivity index (χ3v) is 3.79. The van der Waals surface area contributed by atoms with Crippen molar-refractivity contribution in [1.29, 1.82) is 0 Å². The molecular weight excluding hydrogens is 356 g/mol. The number of imide groups is 1. The van der Waals surface area contributed by atoms with E-state index < -0.39 is 46.3 Å². The average Bonchev–Trinajstić information content (AvgIpc) is 2.77. The third kappa shape index (κ3) is 4.27. The molecule has 1 aliphatic heterocycles. The minimum absolute atomic E-state index is 0.116. The predicted molar refractivity (Wildman–Crippen MR) is 94.0 cm³/mol. The fourth-order valence-corrected chi connectivity index (χ4v) is 2.63. The molecule has 4 amide bonds. The number of nitrogens with zero attached hydrogens (tertiary/aromatic N) is 3. The SMILES string of the molecule is CN(CC(=O)NC(C)(C)C)C(=O)CN1C(=O)c2cccc([N+](=O)[O-])c2C1=O. The number of hydrogen-bond acceptors (Lipinski definition) is 6. The number of fused-ring (bicyclic) bond motifs is 1. The molecule has 0 spiro atoms. The van der Waals surface area contributed by atoms with Gasteiger partial charge in [0, 0.05) is 18.7 Å². The van der Waals surface area contributed by atoms with E-state index in [1.54, 1.807) is 20.8 Å². The maximum absolute atomic E-state index is 12.5. The largest absolute Gasteiger partial charge is 0.350 e. The fourth-order valence-electron chi connectivity index (χ4n) is 2.63. The number of amides is 4. The van der Waals surface area contributed by atoms with Crippen LogP contribution in [-0.4, -0.2) is 64.0 Å². The second kappa shape index (κ2) is 7.14. The molecule has 0 fully saturated rings. The number of carbonyl (C=O) groups excluding carboxylic acids is 4. The van der Waals surface area contributed by atoms with Crippen molar-refractivity contribution in [1.82, 2.24) is 15.1 Å². The van der Waals surface area contributed by atoms with Crippen LogP contribution in [0.4, 0.5) is 5.69 Å². The molecule has 1 heterocycles. The molecule has 0 bridgehead atoms. The quantitative estimate of drug-likeness (QED) is 0.454. The Hall–Kier alpha value is -3.30. The summed E-state index contributed by atoms with van der Waals surface area (Å²) >= 11 is 0. The maximum atomic E-state index is 12.5. The summed E-state index contributed by atoms with van der Waals surface area (Å²) in [5.41, 5.74) is -1.40. The minimum Gasteiger partial charge on any atom is -0.350 e. The highest BCUT2D eigenvalue weighted by Gasteiger charge is 2.42. The van der Waals surface area contributed by atoms with Gasteiger partial charge in [-0.3, -0.25) is 34.2 Å². The van der Waals surface area contributed by atoms with E-state index in [-0.39, 0.29) is 17.7 Å². The standard InChI is InChI=1S/C17H20N4O6/c1-17(2,3)18-12(22)8-19(4)13(23)9-20-15(24)10-6-5-7-11(21(26)27)14(10)16(20)25/h5-7H,8-9H2,1-4H3,(H,18,22). The van der Waals surface area contributed by atoms with Crippen LogP contribution in [0.2, 0.25) is 0 Å². The monoisotopic (exact) mass is 376 g/mol. The number of hydrogen-bond donors (Lipinski definition) is 1. The molecule has 0 atom stereocenters. The third-order valence-electron chi connectivity index (χ3n) is 3.79. The van der Waals surface area contributed by atoms with E-state index in [9.17, 15) is 29.3 Å². The Morgan fingerprint density at radius 3 is 2.41 bits per heavy atom. The minimum atomic E-state index is -0.900. The molecule has 0 radical (unpaired) electrons. The zero-order valence-corrected chi connectivity index (χ0v) is 15.4. The van der Waals surface area contributed by atoms with Crippen molar-refractivity contribution in [2.45, 2.75) is 26.3 Å². The first-order chi connectivity index (χ1) is 12.4. The number of benzene rings is 1. The Balaban J connectivity index is 2.12. The number of nitro benzene ring substituents is 1. The summed E-state index contributed by atoms with van der Waals surface area (Å²) in [6.07, 6.45) is 0. The van der Waals surface area contributed by atoms with Gasteiger partial charge in [-0.2, -0.15) is 0 Å². The molecule has 0 aliphatic carbocycles. The molecule has 1 aromatic carbocycles. The van der Waals surface area contributed by atoms with Crippen LogP contribution >= 0.6 is 0 Å². The molecule has 0 unspecified atom stereocenters. The summed E-state index contributed by atoms with van der Waals surface area (Å²) in [4.78, 5) is 61.1. The van der Waals surface area contributed by atoms with Gasteiger partial charge in [0.05, 0.1) is 17.0 Å². The topological polar surface area (TPSA) is 130 Å². The van der Waals surface area contributed by atoms with Crippen molar-refractivity contribution in [2.24, 2.45) is 0 Å². The first-order valence-electron chi connectivity index (χ1n) is 8.11. The lowest BCUT2D eigenvalue weighted by Gasteiger charge is -2.24. The van der Waals surface area contributed by atoms with Crippen LogP contribution in [0.25, 0.3) is 0 Å². The molecule has 2 rings (SSSR count). The van der Waals surface area contributed by atoms with E-state index in [1.165, 1.54) is 19.2 Å². The van der Waals surface area contributed by atoms with Gasteiger partial charge >= 0.3 is 0 Å². The molecule has 10 heteroatoms. The lowest BCUT2D eigenvalue weighted by Crippen LogP contribution is -2.48. The second-order valence-electron chi connectivity index (χ2n) is 7.20. The Morgan fingerprint density at radius 1 is 1.22 bits per heavy atom. The van der Waals surface area contributed by atoms with Crippen LogP contribution in [-0.2, 0) is 9.59 Å². The molecule has 1 aromatic rings. The van der Waals surface area contributed by atoms with E-state index in [0.29, 0.717) is 4.90 Å². The molecule has 10 nitrogen and oxygen atoms in total. The summed E-state index contributed by atoms with van der Waals surface area (Å²) in [6.45, 7) is 4.51. The Labute approximate surface area is 155 Å². The summed E-state index contributed by atoms with van der Waals surface area (Å²) < 4.78 is 0. The molecule has 0 saturated heterocycles.